The molecule has 0 fully saturated rings. The van der Waals surface area contributed by atoms with Crippen molar-refractivity contribution in [2.24, 2.45) is 0 Å². The lowest BCUT2D eigenvalue weighted by Crippen LogP contribution is -2.30. The van der Waals surface area contributed by atoms with E-state index in [0.29, 0.717) is 6.54 Å². The number of aliphatic hydroxyl groups excluding tert-OH is 1. The molecule has 0 aliphatic carbocycles. The largest absolute Gasteiger partial charge is 0.468 e. The Morgan fingerprint density at radius 1 is 1.62 bits per heavy atom. The second-order valence-electron chi connectivity index (χ2n) is 3.26. The molecule has 1 heterocycles. The van der Waals surface area contributed by atoms with Gasteiger partial charge in [-0.3, -0.25) is 4.90 Å². The van der Waals surface area contributed by atoms with Crippen molar-refractivity contribution in [2.45, 2.75) is 26.5 Å². The summed E-state index contributed by atoms with van der Waals surface area (Å²) in [6, 6.07) is 3.83. The molecule has 0 aliphatic rings. The van der Waals surface area contributed by atoms with Gasteiger partial charge in [-0.25, -0.2) is 0 Å². The summed E-state index contributed by atoms with van der Waals surface area (Å²) in [7, 11) is 0. The van der Waals surface area contributed by atoms with Gasteiger partial charge in [-0.1, -0.05) is 6.92 Å². The van der Waals surface area contributed by atoms with E-state index in [0.717, 1.165) is 18.8 Å². The molecule has 0 spiro atoms. The highest BCUT2D eigenvalue weighted by molar-refractivity contribution is 4.97. The van der Waals surface area contributed by atoms with Crippen LogP contribution in [-0.4, -0.2) is 29.2 Å². The fourth-order valence-electron chi connectivity index (χ4n) is 1.30. The molecule has 1 N–H and O–H groups in total. The zero-order valence-electron chi connectivity index (χ0n) is 8.23. The number of aliphatic hydroxyl groups is 1. The maximum absolute atomic E-state index is 9.21. The van der Waals surface area contributed by atoms with Crippen molar-refractivity contribution < 1.29 is 9.52 Å². The summed E-state index contributed by atoms with van der Waals surface area (Å²) in [5.74, 6) is 0.947. The Morgan fingerprint density at radius 2 is 2.38 bits per heavy atom. The lowest BCUT2D eigenvalue weighted by Gasteiger charge is -2.20. The third-order valence-electron chi connectivity index (χ3n) is 1.93. The Bertz CT molecular complexity index is 219. The van der Waals surface area contributed by atoms with Gasteiger partial charge in [0.05, 0.1) is 18.9 Å². The Balaban J connectivity index is 2.40. The molecule has 1 atom stereocenters. The van der Waals surface area contributed by atoms with E-state index in [4.69, 9.17) is 4.42 Å². The monoisotopic (exact) mass is 183 g/mol. The highest BCUT2D eigenvalue weighted by Gasteiger charge is 2.07. The number of hydrogen-bond acceptors (Lipinski definition) is 3. The Kier molecular flexibility index (Phi) is 3.99. The molecule has 0 aromatic carbocycles. The first-order valence-corrected chi connectivity index (χ1v) is 4.65. The summed E-state index contributed by atoms with van der Waals surface area (Å²) in [5, 5.41) is 9.21. The Labute approximate surface area is 79.0 Å². The summed E-state index contributed by atoms with van der Waals surface area (Å²) in [5.41, 5.74) is 0. The van der Waals surface area contributed by atoms with Crippen LogP contribution in [0.5, 0.6) is 0 Å². The van der Waals surface area contributed by atoms with Crippen LogP contribution in [0.15, 0.2) is 22.8 Å². The average Bonchev–Trinajstić information content (AvgIpc) is 2.55. The van der Waals surface area contributed by atoms with Crippen molar-refractivity contribution in [1.29, 1.82) is 0 Å². The molecular weight excluding hydrogens is 166 g/mol. The Morgan fingerprint density at radius 3 is 2.85 bits per heavy atom. The summed E-state index contributed by atoms with van der Waals surface area (Å²) in [6.07, 6.45) is 1.39. The van der Waals surface area contributed by atoms with Gasteiger partial charge in [-0.05, 0) is 25.6 Å². The van der Waals surface area contributed by atoms with Gasteiger partial charge in [0.1, 0.15) is 5.76 Å². The van der Waals surface area contributed by atoms with Crippen LogP contribution in [0, 0.1) is 0 Å². The van der Waals surface area contributed by atoms with E-state index in [9.17, 15) is 5.11 Å². The number of hydrogen-bond donors (Lipinski definition) is 1. The zero-order chi connectivity index (χ0) is 9.68. The summed E-state index contributed by atoms with van der Waals surface area (Å²) in [6.45, 7) is 6.26. The van der Waals surface area contributed by atoms with Gasteiger partial charge in [0.25, 0.3) is 0 Å². The molecule has 1 aromatic heterocycles. The molecule has 3 heteroatoms. The van der Waals surface area contributed by atoms with E-state index in [2.05, 4.69) is 11.8 Å². The van der Waals surface area contributed by atoms with E-state index < -0.39 is 0 Å². The molecular formula is C10H17NO2. The summed E-state index contributed by atoms with van der Waals surface area (Å²) < 4.78 is 5.22. The lowest BCUT2D eigenvalue weighted by molar-refractivity contribution is 0.121. The first-order chi connectivity index (χ1) is 6.22. The van der Waals surface area contributed by atoms with E-state index in [1.165, 1.54) is 0 Å². The van der Waals surface area contributed by atoms with Crippen molar-refractivity contribution in [3.05, 3.63) is 24.2 Å². The van der Waals surface area contributed by atoms with Crippen LogP contribution in [0.2, 0.25) is 0 Å². The standard InChI is InChI=1S/C10H17NO2/c1-3-11(7-9(2)12)8-10-5-4-6-13-10/h4-6,9,12H,3,7-8H2,1-2H3/t9-/m0/s1. The lowest BCUT2D eigenvalue weighted by atomic mass is 10.3. The van der Waals surface area contributed by atoms with Crippen molar-refractivity contribution in [3.63, 3.8) is 0 Å². The van der Waals surface area contributed by atoms with Crippen LogP contribution in [0.4, 0.5) is 0 Å². The molecule has 1 rings (SSSR count). The van der Waals surface area contributed by atoms with Crippen molar-refractivity contribution in [2.75, 3.05) is 13.1 Å². The number of nitrogens with zero attached hydrogens (tertiary/aromatic N) is 1. The second kappa shape index (κ2) is 5.04. The summed E-state index contributed by atoms with van der Waals surface area (Å²) in [4.78, 5) is 2.14. The van der Waals surface area contributed by atoms with E-state index in [1.807, 2.05) is 12.1 Å². The number of rotatable bonds is 5. The van der Waals surface area contributed by atoms with Gasteiger partial charge in [0.2, 0.25) is 0 Å². The van der Waals surface area contributed by atoms with Gasteiger partial charge >= 0.3 is 0 Å². The minimum Gasteiger partial charge on any atom is -0.468 e. The summed E-state index contributed by atoms with van der Waals surface area (Å²) >= 11 is 0. The molecule has 0 aliphatic heterocycles. The fraction of sp³-hybridized carbons (Fsp3) is 0.600. The van der Waals surface area contributed by atoms with Crippen LogP contribution in [0.25, 0.3) is 0 Å². The van der Waals surface area contributed by atoms with Crippen LogP contribution in [0.1, 0.15) is 19.6 Å². The molecule has 13 heavy (non-hydrogen) atoms. The van der Waals surface area contributed by atoms with Crippen molar-refractivity contribution in [1.82, 2.24) is 4.90 Å². The van der Waals surface area contributed by atoms with Gasteiger partial charge in [-0.2, -0.15) is 0 Å². The molecule has 0 unspecified atom stereocenters. The molecule has 0 saturated heterocycles. The predicted molar refractivity (Wildman–Crippen MR) is 51.3 cm³/mol. The molecule has 0 saturated carbocycles. The highest BCUT2D eigenvalue weighted by atomic mass is 16.3. The highest BCUT2D eigenvalue weighted by Crippen LogP contribution is 2.05. The minimum atomic E-state index is -0.282. The average molecular weight is 183 g/mol. The molecule has 0 amide bonds. The van der Waals surface area contributed by atoms with Crippen LogP contribution < -0.4 is 0 Å². The zero-order valence-corrected chi connectivity index (χ0v) is 8.23. The van der Waals surface area contributed by atoms with Crippen LogP contribution in [-0.2, 0) is 6.54 Å². The van der Waals surface area contributed by atoms with Gasteiger partial charge in [-0.15, -0.1) is 0 Å². The van der Waals surface area contributed by atoms with Crippen LogP contribution >= 0.6 is 0 Å². The first kappa shape index (κ1) is 10.3. The SMILES string of the molecule is CCN(Cc1ccco1)C[C@H](C)O. The maximum atomic E-state index is 9.21. The molecule has 74 valence electrons. The van der Waals surface area contributed by atoms with Gasteiger partial charge in [0.15, 0.2) is 0 Å². The molecule has 1 aromatic rings. The normalized spacial score (nSPS) is 13.5. The fourth-order valence-corrected chi connectivity index (χ4v) is 1.30. The van der Waals surface area contributed by atoms with E-state index >= 15 is 0 Å². The first-order valence-electron chi connectivity index (χ1n) is 4.65. The molecule has 3 nitrogen and oxygen atoms in total. The number of likely N-dealkylation sites (N-methyl/N-ethyl adjacent to an activating group) is 1. The number of furan rings is 1. The Hall–Kier alpha value is -0.800. The maximum Gasteiger partial charge on any atom is 0.117 e. The quantitative estimate of drug-likeness (QED) is 0.751. The third kappa shape index (κ3) is 3.61. The predicted octanol–water partition coefficient (Wildman–Crippen LogP) is 1.48. The van der Waals surface area contributed by atoms with Gasteiger partial charge < -0.3 is 9.52 Å². The smallest absolute Gasteiger partial charge is 0.117 e. The molecule has 0 bridgehead atoms. The van der Waals surface area contributed by atoms with E-state index in [-0.39, 0.29) is 6.10 Å². The molecule has 0 radical (unpaired) electrons. The van der Waals surface area contributed by atoms with E-state index in [1.54, 1.807) is 13.2 Å². The third-order valence-corrected chi connectivity index (χ3v) is 1.93. The van der Waals surface area contributed by atoms with Gasteiger partial charge in [0, 0.05) is 6.54 Å². The van der Waals surface area contributed by atoms with Crippen LogP contribution in [0.3, 0.4) is 0 Å². The van der Waals surface area contributed by atoms with Crippen molar-refractivity contribution in [3.8, 4) is 0 Å². The minimum absolute atomic E-state index is 0.282. The topological polar surface area (TPSA) is 36.6 Å². The van der Waals surface area contributed by atoms with Crippen molar-refractivity contribution >= 4 is 0 Å². The second-order valence-corrected chi connectivity index (χ2v) is 3.26.